The second-order valence-electron chi connectivity index (χ2n) is 5.67. The van der Waals surface area contributed by atoms with E-state index in [-0.39, 0.29) is 16.6 Å². The lowest BCUT2D eigenvalue weighted by Crippen LogP contribution is -2.41. The summed E-state index contributed by atoms with van der Waals surface area (Å²) in [6.07, 6.45) is 1.31. The first-order valence-corrected chi connectivity index (χ1v) is 8.15. The molecule has 0 radical (unpaired) electrons. The molecule has 0 aliphatic heterocycles. The number of hydrogen-bond acceptors (Lipinski definition) is 5. The van der Waals surface area contributed by atoms with Gasteiger partial charge in [-0.1, -0.05) is 23.2 Å². The van der Waals surface area contributed by atoms with Crippen molar-refractivity contribution >= 4 is 40.9 Å². The van der Waals surface area contributed by atoms with E-state index in [1.54, 1.807) is 0 Å². The number of pyridine rings is 1. The molecule has 0 saturated carbocycles. The van der Waals surface area contributed by atoms with E-state index in [0.717, 1.165) is 0 Å². The average Bonchev–Trinajstić information content (AvgIpc) is 2.57. The number of nitrogens with one attached hydrogen (secondary N) is 1. The molecule has 0 bridgehead atoms. The first kappa shape index (κ1) is 19.9. The summed E-state index contributed by atoms with van der Waals surface area (Å²) in [5.74, 6) is -1.45. The van der Waals surface area contributed by atoms with E-state index in [1.165, 1.54) is 50.4 Å². The minimum atomic E-state index is -1.38. The van der Waals surface area contributed by atoms with Crippen molar-refractivity contribution in [3.8, 4) is 5.75 Å². The molecule has 0 atom stereocenters. The normalized spacial score (nSPS) is 11.0. The van der Waals surface area contributed by atoms with E-state index in [0.29, 0.717) is 5.02 Å². The highest BCUT2D eigenvalue weighted by Gasteiger charge is 2.32. The third-order valence-corrected chi connectivity index (χ3v) is 3.57. The molecule has 1 amide bonds. The predicted octanol–water partition coefficient (Wildman–Crippen LogP) is 3.87. The summed E-state index contributed by atoms with van der Waals surface area (Å²) in [6.45, 7) is 2.37. The molecule has 26 heavy (non-hydrogen) atoms. The van der Waals surface area contributed by atoms with Gasteiger partial charge in [-0.3, -0.25) is 4.79 Å². The van der Waals surface area contributed by atoms with E-state index in [2.05, 4.69) is 10.3 Å². The minimum absolute atomic E-state index is 0.0962. The number of carbonyl (C=O) groups is 2. The Kier molecular flexibility index (Phi) is 6.39. The molecule has 0 saturated heterocycles. The second-order valence-corrected chi connectivity index (χ2v) is 6.52. The van der Waals surface area contributed by atoms with Crippen LogP contribution >= 0.6 is 23.2 Å². The molecule has 0 aliphatic carbocycles. The summed E-state index contributed by atoms with van der Waals surface area (Å²) in [6, 6.07) is 6.58. The third-order valence-electron chi connectivity index (χ3n) is 3.08. The van der Waals surface area contributed by atoms with E-state index < -0.39 is 29.9 Å². The number of nitrogens with zero attached hydrogens (tertiary/aromatic N) is 1. The van der Waals surface area contributed by atoms with Gasteiger partial charge in [0.05, 0.1) is 10.0 Å². The van der Waals surface area contributed by atoms with Crippen LogP contribution in [0.1, 0.15) is 13.8 Å². The quantitative estimate of drug-likeness (QED) is 0.744. The summed E-state index contributed by atoms with van der Waals surface area (Å²) in [5, 5.41) is 2.87. The first-order valence-electron chi connectivity index (χ1n) is 7.40. The molecular formula is C17H15Cl2FN2O4. The highest BCUT2D eigenvalue weighted by Crippen LogP contribution is 2.23. The van der Waals surface area contributed by atoms with Gasteiger partial charge in [-0.05, 0) is 44.2 Å². The van der Waals surface area contributed by atoms with Crippen molar-refractivity contribution in [1.29, 1.82) is 0 Å². The van der Waals surface area contributed by atoms with Crippen molar-refractivity contribution in [3.05, 3.63) is 52.4 Å². The lowest BCUT2D eigenvalue weighted by Gasteiger charge is -2.24. The number of ether oxygens (including phenoxy) is 2. The molecular weight excluding hydrogens is 386 g/mol. The molecule has 2 aromatic rings. The monoisotopic (exact) mass is 400 g/mol. The van der Waals surface area contributed by atoms with Crippen LogP contribution in [-0.2, 0) is 14.3 Å². The zero-order valence-electron chi connectivity index (χ0n) is 13.9. The highest BCUT2D eigenvalue weighted by molar-refractivity contribution is 6.36. The van der Waals surface area contributed by atoms with Crippen LogP contribution < -0.4 is 10.1 Å². The summed E-state index contributed by atoms with van der Waals surface area (Å²) in [4.78, 5) is 27.9. The van der Waals surface area contributed by atoms with Gasteiger partial charge in [-0.25, -0.2) is 14.2 Å². The lowest BCUT2D eigenvalue weighted by atomic mass is 10.1. The number of benzene rings is 1. The Hall–Kier alpha value is -2.38. The molecule has 0 unspecified atom stereocenters. The fraction of sp³-hybridized carbons (Fsp3) is 0.235. The Morgan fingerprint density at radius 2 is 1.88 bits per heavy atom. The largest absolute Gasteiger partial charge is 0.476 e. The Morgan fingerprint density at radius 1 is 1.23 bits per heavy atom. The molecule has 1 N–H and O–H groups in total. The number of carbonyl (C=O) groups excluding carboxylic acids is 2. The fourth-order valence-electron chi connectivity index (χ4n) is 1.82. The predicted molar refractivity (Wildman–Crippen MR) is 95.0 cm³/mol. The Morgan fingerprint density at radius 3 is 2.50 bits per heavy atom. The molecule has 1 aromatic carbocycles. The van der Waals surface area contributed by atoms with Crippen LogP contribution in [0.15, 0.2) is 36.5 Å². The number of aromatic nitrogens is 1. The van der Waals surface area contributed by atoms with Crippen LogP contribution in [0.3, 0.4) is 0 Å². The maximum absolute atomic E-state index is 12.9. The first-order chi connectivity index (χ1) is 12.2. The smallest absolute Gasteiger partial charge is 0.350 e. The molecule has 9 heteroatoms. The fourth-order valence-corrected chi connectivity index (χ4v) is 2.25. The summed E-state index contributed by atoms with van der Waals surface area (Å²) in [7, 11) is 0. The highest BCUT2D eigenvalue weighted by atomic mass is 35.5. The van der Waals surface area contributed by atoms with Crippen LogP contribution in [0.2, 0.25) is 10.0 Å². The SMILES string of the molecule is CC(C)(Oc1ccc(F)cc1)C(=O)OCC(=O)Nc1ncc(Cl)cc1Cl. The second kappa shape index (κ2) is 8.33. The minimum Gasteiger partial charge on any atom is -0.476 e. The van der Waals surface area contributed by atoms with E-state index in [9.17, 15) is 14.0 Å². The molecule has 2 rings (SSSR count). The van der Waals surface area contributed by atoms with Crippen molar-refractivity contribution in [2.45, 2.75) is 19.4 Å². The summed E-state index contributed by atoms with van der Waals surface area (Å²) < 4.78 is 23.3. The van der Waals surface area contributed by atoms with Gasteiger partial charge in [0.15, 0.2) is 18.0 Å². The van der Waals surface area contributed by atoms with E-state index in [4.69, 9.17) is 32.7 Å². The summed E-state index contributed by atoms with van der Waals surface area (Å²) in [5.41, 5.74) is -1.38. The van der Waals surface area contributed by atoms with Gasteiger partial charge < -0.3 is 14.8 Å². The standard InChI is InChI=1S/C17H15Cl2FN2O4/c1-17(2,26-12-5-3-11(20)4-6-12)16(24)25-9-14(23)22-15-13(19)7-10(18)8-21-15/h3-8H,9H2,1-2H3,(H,21,22,23). The number of hydrogen-bond donors (Lipinski definition) is 1. The number of amides is 1. The maximum atomic E-state index is 12.9. The van der Waals surface area contributed by atoms with Crippen molar-refractivity contribution in [1.82, 2.24) is 4.98 Å². The Labute approximate surface area is 159 Å². The topological polar surface area (TPSA) is 77.5 Å². The van der Waals surface area contributed by atoms with Gasteiger partial charge in [0.25, 0.3) is 5.91 Å². The zero-order valence-corrected chi connectivity index (χ0v) is 15.4. The molecule has 138 valence electrons. The summed E-state index contributed by atoms with van der Waals surface area (Å²) >= 11 is 11.6. The third kappa shape index (κ3) is 5.57. The molecule has 0 spiro atoms. The van der Waals surface area contributed by atoms with Gasteiger partial charge >= 0.3 is 5.97 Å². The van der Waals surface area contributed by atoms with Crippen LogP contribution in [0.4, 0.5) is 10.2 Å². The van der Waals surface area contributed by atoms with Crippen LogP contribution in [0, 0.1) is 5.82 Å². The van der Waals surface area contributed by atoms with E-state index in [1.807, 2.05) is 0 Å². The van der Waals surface area contributed by atoms with Gasteiger partial charge in [-0.2, -0.15) is 0 Å². The Bertz CT molecular complexity index is 813. The molecule has 0 fully saturated rings. The van der Waals surface area contributed by atoms with E-state index >= 15 is 0 Å². The molecule has 1 aromatic heterocycles. The number of halogens is 3. The van der Waals surface area contributed by atoms with Crippen molar-refractivity contribution in [2.24, 2.45) is 0 Å². The van der Waals surface area contributed by atoms with Crippen molar-refractivity contribution in [2.75, 3.05) is 11.9 Å². The Balaban J connectivity index is 1.89. The number of anilines is 1. The number of rotatable bonds is 6. The van der Waals surface area contributed by atoms with Crippen LogP contribution in [0.25, 0.3) is 0 Å². The zero-order chi connectivity index (χ0) is 19.3. The van der Waals surface area contributed by atoms with Crippen molar-refractivity contribution < 1.29 is 23.5 Å². The van der Waals surface area contributed by atoms with Crippen LogP contribution in [0.5, 0.6) is 5.75 Å². The number of esters is 1. The van der Waals surface area contributed by atoms with Gasteiger partial charge in [-0.15, -0.1) is 0 Å². The molecule has 1 heterocycles. The van der Waals surface area contributed by atoms with Crippen molar-refractivity contribution in [3.63, 3.8) is 0 Å². The average molecular weight is 401 g/mol. The van der Waals surface area contributed by atoms with Gasteiger partial charge in [0.1, 0.15) is 11.6 Å². The maximum Gasteiger partial charge on any atom is 0.350 e. The molecule has 0 aliphatic rings. The van der Waals surface area contributed by atoms with Gasteiger partial charge in [0.2, 0.25) is 0 Å². The van der Waals surface area contributed by atoms with Gasteiger partial charge in [0, 0.05) is 6.20 Å². The van der Waals surface area contributed by atoms with Crippen LogP contribution in [-0.4, -0.2) is 29.1 Å². The molecule has 6 nitrogen and oxygen atoms in total. The lowest BCUT2D eigenvalue weighted by molar-refractivity contribution is -0.161.